The molecule has 0 aliphatic carbocycles. The summed E-state index contributed by atoms with van der Waals surface area (Å²) in [6.07, 6.45) is 3.71. The van der Waals surface area contributed by atoms with Gasteiger partial charge in [-0.3, -0.25) is 9.69 Å². The molecule has 4 heteroatoms. The summed E-state index contributed by atoms with van der Waals surface area (Å²) in [5, 5.41) is 3.05. The van der Waals surface area contributed by atoms with Crippen LogP contribution in [0.3, 0.4) is 0 Å². The third kappa shape index (κ3) is 2.74. The van der Waals surface area contributed by atoms with Crippen LogP contribution < -0.4 is 11.1 Å². The molecule has 0 radical (unpaired) electrons. The molecular weight excluding hydrogens is 202 g/mol. The average Bonchev–Trinajstić information content (AvgIpc) is 2.23. The number of hydrogen-bond donors (Lipinski definition) is 2. The van der Waals surface area contributed by atoms with Crippen LogP contribution in [0.15, 0.2) is 0 Å². The van der Waals surface area contributed by atoms with Crippen LogP contribution in [0.25, 0.3) is 0 Å². The molecule has 0 saturated carbocycles. The van der Waals surface area contributed by atoms with Crippen molar-refractivity contribution in [1.82, 2.24) is 10.2 Å². The fraction of sp³-hybridized carbons (Fsp3) is 0.917. The molecule has 1 heterocycles. The number of likely N-dealkylation sites (tertiary alicyclic amines) is 1. The lowest BCUT2D eigenvalue weighted by atomic mass is 9.93. The van der Waals surface area contributed by atoms with Gasteiger partial charge < -0.3 is 11.1 Å². The van der Waals surface area contributed by atoms with Gasteiger partial charge in [0.05, 0.1) is 0 Å². The number of primary amides is 1. The lowest BCUT2D eigenvalue weighted by Crippen LogP contribution is -2.61. The number of nitrogens with one attached hydrogen (secondary N) is 1. The number of nitrogens with two attached hydrogens (primary N) is 1. The average molecular weight is 227 g/mol. The Balaban J connectivity index is 2.73. The van der Waals surface area contributed by atoms with Crippen molar-refractivity contribution in [3.63, 3.8) is 0 Å². The Hall–Kier alpha value is -0.610. The molecule has 16 heavy (non-hydrogen) atoms. The molecule has 0 aromatic carbocycles. The molecular formula is C12H25N3O. The zero-order chi connectivity index (χ0) is 12.3. The van der Waals surface area contributed by atoms with Crippen LogP contribution in [0.2, 0.25) is 0 Å². The minimum atomic E-state index is -0.625. The van der Waals surface area contributed by atoms with Crippen molar-refractivity contribution >= 4 is 5.91 Å². The summed E-state index contributed by atoms with van der Waals surface area (Å²) in [5.41, 5.74) is 4.84. The van der Waals surface area contributed by atoms with Crippen LogP contribution in [-0.2, 0) is 4.79 Å². The smallest absolute Gasteiger partial charge is 0.238 e. The van der Waals surface area contributed by atoms with Gasteiger partial charge in [0.15, 0.2) is 0 Å². The van der Waals surface area contributed by atoms with Crippen LogP contribution in [0.4, 0.5) is 0 Å². The fourth-order valence-electron chi connectivity index (χ4n) is 2.43. The maximum atomic E-state index is 11.5. The second-order valence-corrected chi connectivity index (χ2v) is 5.25. The van der Waals surface area contributed by atoms with Crippen molar-refractivity contribution in [3.8, 4) is 0 Å². The lowest BCUT2D eigenvalue weighted by Gasteiger charge is -2.43. The first-order valence-electron chi connectivity index (χ1n) is 6.15. The Bertz CT molecular complexity index is 247. The Morgan fingerprint density at radius 2 is 1.94 bits per heavy atom. The van der Waals surface area contributed by atoms with Crippen molar-refractivity contribution in [1.29, 1.82) is 0 Å². The van der Waals surface area contributed by atoms with Crippen LogP contribution in [0.5, 0.6) is 0 Å². The molecule has 1 saturated heterocycles. The Kier molecular flexibility index (Phi) is 4.33. The molecule has 94 valence electrons. The molecule has 0 aromatic rings. The number of carbonyl (C=O) groups excluding carboxylic acids is 1. The number of rotatable bonds is 4. The second-order valence-electron chi connectivity index (χ2n) is 5.25. The third-order valence-electron chi connectivity index (χ3n) is 3.97. The van der Waals surface area contributed by atoms with E-state index in [-0.39, 0.29) is 5.91 Å². The molecule has 1 unspecified atom stereocenters. The van der Waals surface area contributed by atoms with Crippen molar-refractivity contribution in [2.24, 2.45) is 5.73 Å². The van der Waals surface area contributed by atoms with E-state index in [4.69, 9.17) is 5.73 Å². The molecule has 0 aromatic heterocycles. The summed E-state index contributed by atoms with van der Waals surface area (Å²) in [5.74, 6) is -0.278. The van der Waals surface area contributed by atoms with E-state index in [1.165, 1.54) is 19.3 Å². The van der Waals surface area contributed by atoms with Gasteiger partial charge in [-0.05, 0) is 40.7 Å². The van der Waals surface area contributed by atoms with Gasteiger partial charge in [-0.25, -0.2) is 0 Å². The lowest BCUT2D eigenvalue weighted by molar-refractivity contribution is -0.125. The fourth-order valence-corrected chi connectivity index (χ4v) is 2.43. The summed E-state index contributed by atoms with van der Waals surface area (Å²) >= 11 is 0. The van der Waals surface area contributed by atoms with Crippen LogP contribution in [-0.4, -0.2) is 42.0 Å². The van der Waals surface area contributed by atoms with E-state index in [0.29, 0.717) is 18.6 Å². The standard InChI is InChI=1S/C12H25N3O/c1-9-6-5-7-10(2)15(9)8-12(3,14-4)11(13)16/h9-10,14H,5-8H2,1-4H3,(H2,13,16)/t9-,10+,12?. The van der Waals surface area contributed by atoms with Gasteiger partial charge in [0.1, 0.15) is 5.54 Å². The molecule has 4 nitrogen and oxygen atoms in total. The predicted octanol–water partition coefficient (Wildman–Crippen LogP) is 0.713. The number of nitrogens with zero attached hydrogens (tertiary/aromatic N) is 1. The van der Waals surface area contributed by atoms with Crippen LogP contribution in [0.1, 0.15) is 40.0 Å². The quantitative estimate of drug-likeness (QED) is 0.744. The van der Waals surface area contributed by atoms with Crippen LogP contribution >= 0.6 is 0 Å². The normalized spacial score (nSPS) is 31.0. The maximum Gasteiger partial charge on any atom is 0.238 e. The first-order chi connectivity index (χ1) is 7.40. The Morgan fingerprint density at radius 3 is 2.31 bits per heavy atom. The summed E-state index contributed by atoms with van der Waals surface area (Å²) in [6, 6.07) is 1.08. The molecule has 0 bridgehead atoms. The predicted molar refractivity (Wildman–Crippen MR) is 66.1 cm³/mol. The SMILES string of the molecule is CNC(C)(CN1[C@H](C)CCC[C@@H]1C)C(N)=O. The molecule has 1 aliphatic heterocycles. The molecule has 1 rings (SSSR count). The molecule has 1 amide bonds. The maximum absolute atomic E-state index is 11.5. The number of carbonyl (C=O) groups is 1. The van der Waals surface area contributed by atoms with E-state index >= 15 is 0 Å². The zero-order valence-electron chi connectivity index (χ0n) is 10.9. The van der Waals surface area contributed by atoms with Gasteiger partial charge in [0, 0.05) is 18.6 Å². The molecule has 3 atom stereocenters. The highest BCUT2D eigenvalue weighted by Gasteiger charge is 2.35. The highest BCUT2D eigenvalue weighted by atomic mass is 16.1. The van der Waals surface area contributed by atoms with Gasteiger partial charge in [0.2, 0.25) is 5.91 Å². The first-order valence-corrected chi connectivity index (χ1v) is 6.15. The Morgan fingerprint density at radius 1 is 1.44 bits per heavy atom. The highest BCUT2D eigenvalue weighted by Crippen LogP contribution is 2.24. The van der Waals surface area contributed by atoms with Crippen molar-refractivity contribution in [2.45, 2.75) is 57.7 Å². The number of likely N-dealkylation sites (N-methyl/N-ethyl adjacent to an activating group) is 1. The topological polar surface area (TPSA) is 58.4 Å². The monoisotopic (exact) mass is 227 g/mol. The third-order valence-corrected chi connectivity index (χ3v) is 3.97. The molecule has 1 aliphatic rings. The van der Waals surface area contributed by atoms with Gasteiger partial charge in [-0.2, -0.15) is 0 Å². The minimum Gasteiger partial charge on any atom is -0.368 e. The zero-order valence-corrected chi connectivity index (χ0v) is 10.9. The van der Waals surface area contributed by atoms with Crippen molar-refractivity contribution in [2.75, 3.05) is 13.6 Å². The second kappa shape index (κ2) is 5.15. The largest absolute Gasteiger partial charge is 0.368 e. The van der Waals surface area contributed by atoms with Crippen molar-refractivity contribution in [3.05, 3.63) is 0 Å². The molecule has 3 N–H and O–H groups in total. The van der Waals surface area contributed by atoms with E-state index in [1.54, 1.807) is 7.05 Å². The van der Waals surface area contributed by atoms with E-state index in [9.17, 15) is 4.79 Å². The minimum absolute atomic E-state index is 0.278. The van der Waals surface area contributed by atoms with Crippen LogP contribution in [0, 0.1) is 0 Å². The number of piperidine rings is 1. The number of hydrogen-bond acceptors (Lipinski definition) is 3. The van der Waals surface area contributed by atoms with Gasteiger partial charge in [-0.15, -0.1) is 0 Å². The molecule has 0 spiro atoms. The van der Waals surface area contributed by atoms with Gasteiger partial charge in [0.25, 0.3) is 0 Å². The highest BCUT2D eigenvalue weighted by molar-refractivity contribution is 5.84. The van der Waals surface area contributed by atoms with E-state index in [1.807, 2.05) is 6.92 Å². The summed E-state index contributed by atoms with van der Waals surface area (Å²) < 4.78 is 0. The molecule has 1 fully saturated rings. The van der Waals surface area contributed by atoms with Gasteiger partial charge in [-0.1, -0.05) is 6.42 Å². The Labute approximate surface area is 98.6 Å². The van der Waals surface area contributed by atoms with Crippen molar-refractivity contribution < 1.29 is 4.79 Å². The number of amides is 1. The summed E-state index contributed by atoms with van der Waals surface area (Å²) in [4.78, 5) is 13.9. The summed E-state index contributed by atoms with van der Waals surface area (Å²) in [7, 11) is 1.80. The van der Waals surface area contributed by atoms with E-state index in [0.717, 1.165) is 0 Å². The van der Waals surface area contributed by atoms with E-state index in [2.05, 4.69) is 24.1 Å². The first kappa shape index (κ1) is 13.5. The van der Waals surface area contributed by atoms with Gasteiger partial charge >= 0.3 is 0 Å². The summed E-state index contributed by atoms with van der Waals surface area (Å²) in [6.45, 7) is 7.03. The van der Waals surface area contributed by atoms with E-state index < -0.39 is 5.54 Å².